The van der Waals surface area contributed by atoms with Gasteiger partial charge in [0, 0.05) is 10.5 Å². The lowest BCUT2D eigenvalue weighted by Crippen LogP contribution is -2.29. The van der Waals surface area contributed by atoms with Crippen LogP contribution in [0, 0.1) is 17.5 Å². The van der Waals surface area contributed by atoms with Crippen LogP contribution in [0.25, 0.3) is 11.3 Å². The Morgan fingerprint density at radius 1 is 0.920 bits per heavy atom. The molecule has 2 nitrogen and oxygen atoms in total. The van der Waals surface area contributed by atoms with E-state index in [0.29, 0.717) is 10.5 Å². The summed E-state index contributed by atoms with van der Waals surface area (Å²) in [5.41, 5.74) is -0.502. The first-order chi connectivity index (χ1) is 11.7. The van der Waals surface area contributed by atoms with E-state index in [1.165, 1.54) is 23.9 Å². The third kappa shape index (κ3) is 3.06. The average molecular weight is 364 g/mol. The van der Waals surface area contributed by atoms with E-state index in [4.69, 9.17) is 4.74 Å². The van der Waals surface area contributed by atoms with Crippen molar-refractivity contribution in [3.05, 3.63) is 65.0 Å². The molecular formula is C19H15F3O2S. The maximum Gasteiger partial charge on any atom is 0.210 e. The number of ether oxygens (including phenoxy) is 1. The Labute approximate surface area is 147 Å². The first-order valence-corrected chi connectivity index (χ1v) is 8.74. The summed E-state index contributed by atoms with van der Waals surface area (Å²) in [7, 11) is 0. The molecular weight excluding hydrogens is 349 g/mol. The summed E-state index contributed by atoms with van der Waals surface area (Å²) in [6.07, 6.45) is 1.75. The molecule has 0 N–H and O–H groups in total. The van der Waals surface area contributed by atoms with Crippen molar-refractivity contribution in [1.29, 1.82) is 0 Å². The third-order valence-corrected chi connectivity index (χ3v) is 4.75. The highest BCUT2D eigenvalue weighted by Gasteiger charge is 2.43. The quantitative estimate of drug-likeness (QED) is 0.711. The molecule has 0 aromatic heterocycles. The molecule has 1 aliphatic rings. The molecule has 2 aromatic carbocycles. The van der Waals surface area contributed by atoms with Crippen LogP contribution in [0.15, 0.2) is 41.3 Å². The van der Waals surface area contributed by atoms with Crippen LogP contribution in [0.3, 0.4) is 0 Å². The number of rotatable bonds is 3. The van der Waals surface area contributed by atoms with E-state index < -0.39 is 23.1 Å². The van der Waals surface area contributed by atoms with Crippen molar-refractivity contribution in [2.45, 2.75) is 24.3 Å². The Morgan fingerprint density at radius 3 is 2.16 bits per heavy atom. The van der Waals surface area contributed by atoms with Gasteiger partial charge in [-0.05, 0) is 56.0 Å². The minimum atomic E-state index is -1.18. The molecule has 2 aromatic rings. The number of thioether (sulfide) groups is 1. The van der Waals surface area contributed by atoms with Gasteiger partial charge in [0.1, 0.15) is 11.6 Å². The Kier molecular flexibility index (Phi) is 4.41. The zero-order chi connectivity index (χ0) is 18.4. The van der Waals surface area contributed by atoms with E-state index in [0.717, 1.165) is 12.1 Å². The normalized spacial score (nSPS) is 16.3. The first-order valence-electron chi connectivity index (χ1n) is 7.52. The fourth-order valence-corrected chi connectivity index (χ4v) is 3.14. The predicted molar refractivity (Wildman–Crippen MR) is 91.5 cm³/mol. The monoisotopic (exact) mass is 364 g/mol. The molecule has 25 heavy (non-hydrogen) atoms. The lowest BCUT2D eigenvalue weighted by molar-refractivity contribution is -0.125. The molecule has 0 saturated carbocycles. The zero-order valence-electron chi connectivity index (χ0n) is 13.8. The molecule has 1 heterocycles. The molecule has 0 radical (unpaired) electrons. The van der Waals surface area contributed by atoms with Crippen molar-refractivity contribution in [1.82, 2.24) is 0 Å². The smallest absolute Gasteiger partial charge is 0.210 e. The van der Waals surface area contributed by atoms with Crippen LogP contribution in [0.4, 0.5) is 13.2 Å². The van der Waals surface area contributed by atoms with Gasteiger partial charge in [0.25, 0.3) is 0 Å². The predicted octanol–water partition coefficient (Wildman–Crippen LogP) is 5.07. The number of hydrogen-bond donors (Lipinski definition) is 0. The summed E-state index contributed by atoms with van der Waals surface area (Å²) in [5.74, 6) is -2.73. The summed E-state index contributed by atoms with van der Waals surface area (Å²) in [4.78, 5) is 13.2. The van der Waals surface area contributed by atoms with Crippen LogP contribution in [0.1, 0.15) is 25.0 Å². The topological polar surface area (TPSA) is 26.3 Å². The van der Waals surface area contributed by atoms with E-state index in [2.05, 4.69) is 0 Å². The molecule has 0 fully saturated rings. The maximum absolute atomic E-state index is 14.1. The summed E-state index contributed by atoms with van der Waals surface area (Å²) < 4.78 is 46.8. The molecule has 0 amide bonds. The molecule has 0 atom stereocenters. The molecule has 0 aliphatic carbocycles. The van der Waals surface area contributed by atoms with E-state index in [9.17, 15) is 18.0 Å². The highest BCUT2D eigenvalue weighted by molar-refractivity contribution is 7.98. The summed E-state index contributed by atoms with van der Waals surface area (Å²) >= 11 is 1.26. The van der Waals surface area contributed by atoms with E-state index in [1.54, 1.807) is 32.2 Å². The highest BCUT2D eigenvalue weighted by Crippen LogP contribution is 2.42. The number of benzene rings is 2. The summed E-state index contributed by atoms with van der Waals surface area (Å²) in [6, 6.07) is 7.70. The third-order valence-electron chi connectivity index (χ3n) is 3.98. The van der Waals surface area contributed by atoms with Crippen molar-refractivity contribution in [2.75, 3.05) is 6.26 Å². The standard InChI is InChI=1S/C19H15F3O2S/c1-19(2)18(23)16(10-4-6-12(20)13(21)8-10)17(24-19)11-5-7-15(25-3)14(22)9-11/h4-9H,1-3H3. The number of ketones is 1. The molecule has 0 bridgehead atoms. The first kappa shape index (κ1) is 17.6. The van der Waals surface area contributed by atoms with E-state index in [-0.39, 0.29) is 22.7 Å². The van der Waals surface area contributed by atoms with Gasteiger partial charge in [-0.15, -0.1) is 11.8 Å². The van der Waals surface area contributed by atoms with Crippen LogP contribution in [0.2, 0.25) is 0 Å². The minimum absolute atomic E-state index is 0.111. The molecule has 6 heteroatoms. The zero-order valence-corrected chi connectivity index (χ0v) is 14.6. The Balaban J connectivity index is 2.21. The second kappa shape index (κ2) is 6.26. The van der Waals surface area contributed by atoms with Gasteiger partial charge in [-0.25, -0.2) is 13.2 Å². The van der Waals surface area contributed by atoms with Crippen LogP contribution >= 0.6 is 11.8 Å². The van der Waals surface area contributed by atoms with Gasteiger partial charge in [0.2, 0.25) is 5.78 Å². The van der Waals surface area contributed by atoms with Crippen molar-refractivity contribution in [3.8, 4) is 0 Å². The van der Waals surface area contributed by atoms with Gasteiger partial charge >= 0.3 is 0 Å². The van der Waals surface area contributed by atoms with Crippen molar-refractivity contribution >= 4 is 28.9 Å². The van der Waals surface area contributed by atoms with Crippen LogP contribution < -0.4 is 0 Å². The second-order valence-electron chi connectivity index (χ2n) is 6.12. The van der Waals surface area contributed by atoms with Crippen molar-refractivity contribution in [3.63, 3.8) is 0 Å². The van der Waals surface area contributed by atoms with Crippen molar-refractivity contribution < 1.29 is 22.7 Å². The van der Waals surface area contributed by atoms with Gasteiger partial charge < -0.3 is 4.74 Å². The van der Waals surface area contributed by atoms with Crippen LogP contribution in [0.5, 0.6) is 0 Å². The second-order valence-corrected chi connectivity index (χ2v) is 6.97. The number of halogens is 3. The lowest BCUT2D eigenvalue weighted by atomic mass is 9.92. The Morgan fingerprint density at radius 2 is 1.56 bits per heavy atom. The van der Waals surface area contributed by atoms with Crippen molar-refractivity contribution in [2.24, 2.45) is 0 Å². The van der Waals surface area contributed by atoms with Crippen LogP contribution in [-0.4, -0.2) is 17.6 Å². The fraction of sp³-hybridized carbons (Fsp3) is 0.211. The number of carbonyl (C=O) groups is 1. The molecule has 3 rings (SSSR count). The van der Waals surface area contributed by atoms with E-state index in [1.807, 2.05) is 0 Å². The SMILES string of the molecule is CSc1ccc(C2=C(c3ccc(F)c(F)c3)C(=O)C(C)(C)O2)cc1F. The minimum Gasteiger partial charge on any atom is -0.478 e. The van der Waals surface area contributed by atoms with Crippen LogP contribution in [-0.2, 0) is 9.53 Å². The summed E-state index contributed by atoms with van der Waals surface area (Å²) in [6.45, 7) is 3.16. The molecule has 130 valence electrons. The average Bonchev–Trinajstić information content (AvgIpc) is 2.80. The van der Waals surface area contributed by atoms with Gasteiger partial charge in [0.05, 0.1) is 5.57 Å². The lowest BCUT2D eigenvalue weighted by Gasteiger charge is -2.18. The van der Waals surface area contributed by atoms with E-state index >= 15 is 0 Å². The maximum atomic E-state index is 14.1. The largest absolute Gasteiger partial charge is 0.478 e. The number of Topliss-reactive ketones (excluding diaryl/α,β-unsaturated/α-hetero) is 1. The van der Waals surface area contributed by atoms with Gasteiger partial charge in [-0.1, -0.05) is 6.07 Å². The summed E-state index contributed by atoms with van der Waals surface area (Å²) in [5, 5.41) is 0. The fourth-order valence-electron chi connectivity index (χ4n) is 2.68. The van der Waals surface area contributed by atoms with Gasteiger partial charge in [-0.2, -0.15) is 0 Å². The number of hydrogen-bond acceptors (Lipinski definition) is 3. The molecule has 1 aliphatic heterocycles. The molecule has 0 saturated heterocycles. The number of carbonyl (C=O) groups excluding carboxylic acids is 1. The van der Waals surface area contributed by atoms with Gasteiger partial charge in [0.15, 0.2) is 17.2 Å². The molecule has 0 spiro atoms. The Hall–Kier alpha value is -2.21. The highest BCUT2D eigenvalue weighted by atomic mass is 32.2. The molecule has 0 unspecified atom stereocenters. The van der Waals surface area contributed by atoms with Gasteiger partial charge in [-0.3, -0.25) is 4.79 Å². The Bertz CT molecular complexity index is 904.